The number of imide groups is 1. The molecule has 7 nitrogen and oxygen atoms in total. The van der Waals surface area contributed by atoms with Gasteiger partial charge in [-0.1, -0.05) is 66.7 Å². The van der Waals surface area contributed by atoms with Gasteiger partial charge in [-0.2, -0.15) is 0 Å². The van der Waals surface area contributed by atoms with Crippen LogP contribution >= 0.6 is 0 Å². The van der Waals surface area contributed by atoms with Crippen molar-refractivity contribution < 1.29 is 23.8 Å². The summed E-state index contributed by atoms with van der Waals surface area (Å²) in [6.45, 7) is 4.72. The first kappa shape index (κ1) is 26.4. The average Bonchev–Trinajstić information content (AvgIpc) is 3.65. The van der Waals surface area contributed by atoms with Crippen LogP contribution in [0.1, 0.15) is 48.4 Å². The van der Waals surface area contributed by atoms with Crippen molar-refractivity contribution in [2.75, 3.05) is 33.4 Å². The summed E-state index contributed by atoms with van der Waals surface area (Å²) in [5, 5.41) is 0. The van der Waals surface area contributed by atoms with Crippen LogP contribution in [0.25, 0.3) is 0 Å². The molecule has 3 aliphatic rings. The van der Waals surface area contributed by atoms with Gasteiger partial charge in [-0.25, -0.2) is 9.69 Å². The molecule has 0 N–H and O–H groups in total. The van der Waals surface area contributed by atoms with Crippen LogP contribution in [-0.4, -0.2) is 55.2 Å². The summed E-state index contributed by atoms with van der Waals surface area (Å²) in [6, 6.07) is 25.5. The summed E-state index contributed by atoms with van der Waals surface area (Å²) in [6.07, 6.45) is 1.81. The van der Waals surface area contributed by atoms with E-state index in [4.69, 9.17) is 14.2 Å². The molecule has 2 saturated heterocycles. The number of likely N-dealkylation sites (tertiary alicyclic amines) is 1. The van der Waals surface area contributed by atoms with Gasteiger partial charge in [0.15, 0.2) is 11.5 Å². The molecule has 7 heteroatoms. The summed E-state index contributed by atoms with van der Waals surface area (Å²) in [5.74, 6) is 1.61. The Morgan fingerprint density at radius 2 is 1.70 bits per heavy atom. The molecule has 40 heavy (non-hydrogen) atoms. The number of carbonyl (C=O) groups excluding carboxylic acids is 2. The minimum absolute atomic E-state index is 0.157. The van der Waals surface area contributed by atoms with Crippen LogP contribution in [0, 0.1) is 11.3 Å². The summed E-state index contributed by atoms with van der Waals surface area (Å²) in [5.41, 5.74) is 2.21. The van der Waals surface area contributed by atoms with Crippen LogP contribution < -0.4 is 9.47 Å². The summed E-state index contributed by atoms with van der Waals surface area (Å²) in [4.78, 5) is 31.2. The second-order valence-corrected chi connectivity index (χ2v) is 11.5. The van der Waals surface area contributed by atoms with E-state index in [1.54, 1.807) is 7.11 Å². The van der Waals surface area contributed by atoms with E-state index in [1.807, 2.05) is 73.7 Å². The maximum atomic E-state index is 14.5. The van der Waals surface area contributed by atoms with E-state index in [-0.39, 0.29) is 18.4 Å². The molecule has 0 aromatic heterocycles. The fraction of sp³-hybridized carbons (Fsp3) is 0.394. The number of methoxy groups -OCH3 is 1. The van der Waals surface area contributed by atoms with Gasteiger partial charge in [-0.15, -0.1) is 0 Å². The van der Waals surface area contributed by atoms with E-state index in [0.29, 0.717) is 43.7 Å². The molecule has 1 aliphatic carbocycles. The number of cyclic esters (lactones) is 1. The van der Waals surface area contributed by atoms with Crippen molar-refractivity contribution in [1.82, 2.24) is 9.80 Å². The van der Waals surface area contributed by atoms with Crippen molar-refractivity contribution in [2.24, 2.45) is 11.3 Å². The normalized spacial score (nSPS) is 24.6. The lowest BCUT2D eigenvalue weighted by molar-refractivity contribution is -0.139. The number of benzene rings is 3. The minimum atomic E-state index is -0.868. The number of amides is 2. The van der Waals surface area contributed by atoms with E-state index in [1.165, 1.54) is 23.3 Å². The van der Waals surface area contributed by atoms with Crippen LogP contribution in [0.3, 0.4) is 0 Å². The van der Waals surface area contributed by atoms with Crippen LogP contribution in [0.4, 0.5) is 4.79 Å². The lowest BCUT2D eigenvalue weighted by Gasteiger charge is -2.34. The first-order chi connectivity index (χ1) is 19.5. The van der Waals surface area contributed by atoms with E-state index in [2.05, 4.69) is 17.0 Å². The van der Waals surface area contributed by atoms with Crippen molar-refractivity contribution in [2.45, 2.75) is 38.3 Å². The Morgan fingerprint density at radius 3 is 2.40 bits per heavy atom. The molecular weight excluding hydrogens is 504 g/mol. The van der Waals surface area contributed by atoms with Gasteiger partial charge in [0.05, 0.1) is 19.1 Å². The van der Waals surface area contributed by atoms with Crippen LogP contribution in [-0.2, 0) is 16.1 Å². The van der Waals surface area contributed by atoms with E-state index < -0.39 is 17.6 Å². The maximum Gasteiger partial charge on any atom is 0.417 e. The van der Waals surface area contributed by atoms with Gasteiger partial charge in [0.2, 0.25) is 5.91 Å². The van der Waals surface area contributed by atoms with Gasteiger partial charge in [0.25, 0.3) is 0 Å². The third-order valence-corrected chi connectivity index (χ3v) is 8.54. The second-order valence-electron chi connectivity index (χ2n) is 11.5. The molecular formula is C33H36N2O5. The monoisotopic (exact) mass is 540 g/mol. The number of rotatable bonds is 9. The van der Waals surface area contributed by atoms with Crippen LogP contribution in [0.15, 0.2) is 78.9 Å². The van der Waals surface area contributed by atoms with Gasteiger partial charge in [0.1, 0.15) is 12.6 Å². The number of hydrogen-bond acceptors (Lipinski definition) is 6. The highest BCUT2D eigenvalue weighted by Crippen LogP contribution is 2.48. The largest absolute Gasteiger partial charge is 0.493 e. The lowest BCUT2D eigenvalue weighted by atomic mass is 9.74. The van der Waals surface area contributed by atoms with Crippen LogP contribution in [0.5, 0.6) is 11.5 Å². The van der Waals surface area contributed by atoms with Gasteiger partial charge >= 0.3 is 6.09 Å². The molecule has 2 aliphatic heterocycles. The molecule has 0 radical (unpaired) electrons. The van der Waals surface area contributed by atoms with Crippen molar-refractivity contribution >= 4 is 12.0 Å². The Balaban J connectivity index is 1.35. The van der Waals surface area contributed by atoms with Gasteiger partial charge in [-0.05, 0) is 54.5 Å². The predicted octanol–water partition coefficient (Wildman–Crippen LogP) is 5.81. The number of ether oxygens (including phenoxy) is 3. The third-order valence-electron chi connectivity index (χ3n) is 8.54. The molecule has 208 valence electrons. The second kappa shape index (κ2) is 11.0. The Kier molecular flexibility index (Phi) is 7.24. The molecule has 3 atom stereocenters. The van der Waals surface area contributed by atoms with Crippen molar-refractivity contribution in [3.05, 3.63) is 95.6 Å². The molecule has 6 rings (SSSR count). The summed E-state index contributed by atoms with van der Waals surface area (Å²) in [7, 11) is 1.65. The first-order valence-electron chi connectivity index (χ1n) is 14.1. The Bertz CT molecular complexity index is 1360. The van der Waals surface area contributed by atoms with Gasteiger partial charge < -0.3 is 14.2 Å². The SMILES string of the molecule is COc1ccc(C2CN(Cc3ccccc3)CC2(C)C(=O)N2C(=O)OCC2c2ccccc2)cc1OCC1CC1. The zero-order chi connectivity index (χ0) is 27.7. The summed E-state index contributed by atoms with van der Waals surface area (Å²) >= 11 is 0. The molecule has 1 saturated carbocycles. The van der Waals surface area contributed by atoms with Crippen LogP contribution in [0.2, 0.25) is 0 Å². The molecule has 2 amide bonds. The van der Waals surface area contributed by atoms with E-state index >= 15 is 0 Å². The van der Waals surface area contributed by atoms with Crippen molar-refractivity contribution in [3.8, 4) is 11.5 Å². The highest BCUT2D eigenvalue weighted by molar-refractivity contribution is 5.97. The van der Waals surface area contributed by atoms with Crippen molar-refractivity contribution in [1.29, 1.82) is 0 Å². The Hall–Kier alpha value is -3.84. The fourth-order valence-electron chi connectivity index (χ4n) is 6.11. The Morgan fingerprint density at radius 1 is 0.975 bits per heavy atom. The molecule has 3 unspecified atom stereocenters. The predicted molar refractivity (Wildman–Crippen MR) is 151 cm³/mol. The fourth-order valence-corrected chi connectivity index (χ4v) is 6.11. The maximum absolute atomic E-state index is 14.5. The first-order valence-corrected chi connectivity index (χ1v) is 14.1. The molecule has 3 aromatic carbocycles. The topological polar surface area (TPSA) is 68.3 Å². The molecule has 3 aromatic rings. The molecule has 3 fully saturated rings. The third kappa shape index (κ3) is 5.18. The molecule has 0 spiro atoms. The lowest BCUT2D eigenvalue weighted by Crippen LogP contribution is -2.47. The van der Waals surface area contributed by atoms with Crippen molar-refractivity contribution in [3.63, 3.8) is 0 Å². The Labute approximate surface area is 235 Å². The number of carbonyl (C=O) groups is 2. The van der Waals surface area contributed by atoms with E-state index in [9.17, 15) is 9.59 Å². The quantitative estimate of drug-likeness (QED) is 0.341. The average molecular weight is 541 g/mol. The highest BCUT2D eigenvalue weighted by atomic mass is 16.6. The standard InChI is InChI=1S/C33H36N2O5/c1-33(31(36)35-28(21-40-32(35)37)25-11-7-4-8-12-25)22-34(18-23-9-5-3-6-10-23)19-27(33)26-15-16-29(38-2)30(17-26)39-20-24-13-14-24/h3-12,15-17,24,27-28H,13-14,18-22H2,1-2H3. The smallest absolute Gasteiger partial charge is 0.417 e. The zero-order valence-electron chi connectivity index (χ0n) is 23.1. The van der Waals surface area contributed by atoms with Gasteiger partial charge in [0, 0.05) is 25.6 Å². The minimum Gasteiger partial charge on any atom is -0.493 e. The molecule has 2 heterocycles. The highest BCUT2D eigenvalue weighted by Gasteiger charge is 2.54. The van der Waals surface area contributed by atoms with E-state index in [0.717, 1.165) is 11.1 Å². The molecule has 0 bridgehead atoms. The summed E-state index contributed by atoms with van der Waals surface area (Å²) < 4.78 is 17.2. The zero-order valence-corrected chi connectivity index (χ0v) is 23.1. The number of hydrogen-bond donors (Lipinski definition) is 0. The van der Waals surface area contributed by atoms with Gasteiger partial charge in [-0.3, -0.25) is 9.69 Å². The number of nitrogens with zero attached hydrogens (tertiary/aromatic N) is 2.